The van der Waals surface area contributed by atoms with E-state index in [1.807, 2.05) is 39.1 Å². The third kappa shape index (κ3) is 2.68. The van der Waals surface area contributed by atoms with Gasteiger partial charge < -0.3 is 14.5 Å². The predicted molar refractivity (Wildman–Crippen MR) is 68.9 cm³/mol. The Balaban J connectivity index is 2.37. The largest absolute Gasteiger partial charge is 0.459 e. The molecule has 0 bridgehead atoms. The second kappa shape index (κ2) is 5.34. The molecule has 0 spiro atoms. The minimum Gasteiger partial charge on any atom is -0.459 e. The van der Waals surface area contributed by atoms with Gasteiger partial charge in [-0.1, -0.05) is 18.2 Å². The van der Waals surface area contributed by atoms with Gasteiger partial charge in [0.1, 0.15) is 11.3 Å². The number of furan rings is 1. The molecule has 2 rings (SSSR count). The van der Waals surface area contributed by atoms with Crippen LogP contribution in [0.2, 0.25) is 0 Å². The second-order valence-corrected chi connectivity index (χ2v) is 4.39. The summed E-state index contributed by atoms with van der Waals surface area (Å²) in [6, 6.07) is 8.09. The first kappa shape index (κ1) is 12.1. The summed E-state index contributed by atoms with van der Waals surface area (Å²) in [6.07, 6.45) is 0.228. The normalized spacial score (nSPS) is 11.5. The summed E-state index contributed by atoms with van der Waals surface area (Å²) in [7, 11) is 1.92. The van der Waals surface area contributed by atoms with Crippen molar-refractivity contribution in [3.05, 3.63) is 35.6 Å². The maximum Gasteiger partial charge on any atom is 0.134 e. The number of nitrogens with one attached hydrogen (secondary N) is 1. The molecule has 0 radical (unpaired) electrons. The van der Waals surface area contributed by atoms with Gasteiger partial charge in [0, 0.05) is 10.9 Å². The third-order valence-electron chi connectivity index (χ3n) is 2.68. The summed E-state index contributed by atoms with van der Waals surface area (Å²) in [5.74, 6) is 0.967. The van der Waals surface area contributed by atoms with E-state index in [2.05, 4.69) is 11.4 Å². The van der Waals surface area contributed by atoms with Gasteiger partial charge in [-0.05, 0) is 27.0 Å². The highest BCUT2D eigenvalue weighted by molar-refractivity contribution is 5.82. The minimum atomic E-state index is 0.228. The highest BCUT2D eigenvalue weighted by atomic mass is 16.5. The Labute approximate surface area is 102 Å². The molecule has 0 aliphatic rings. The van der Waals surface area contributed by atoms with Gasteiger partial charge in [0.25, 0.3) is 0 Å². The van der Waals surface area contributed by atoms with Crippen molar-refractivity contribution < 1.29 is 9.15 Å². The number of para-hydroxylation sites is 1. The number of benzene rings is 1. The Kier molecular flexibility index (Phi) is 3.82. The van der Waals surface area contributed by atoms with Crippen molar-refractivity contribution in [3.8, 4) is 0 Å². The average molecular weight is 233 g/mol. The summed E-state index contributed by atoms with van der Waals surface area (Å²) in [6.45, 7) is 5.41. The fourth-order valence-electron chi connectivity index (χ4n) is 1.86. The zero-order valence-electron chi connectivity index (χ0n) is 10.6. The van der Waals surface area contributed by atoms with Crippen molar-refractivity contribution in [2.75, 3.05) is 7.05 Å². The van der Waals surface area contributed by atoms with E-state index in [-0.39, 0.29) is 6.10 Å². The van der Waals surface area contributed by atoms with Gasteiger partial charge in [0.15, 0.2) is 0 Å². The first-order chi connectivity index (χ1) is 8.22. The maximum atomic E-state index is 5.83. The van der Waals surface area contributed by atoms with E-state index in [4.69, 9.17) is 9.15 Å². The van der Waals surface area contributed by atoms with Gasteiger partial charge in [0.2, 0.25) is 0 Å². The lowest BCUT2D eigenvalue weighted by molar-refractivity contribution is 0.0653. The number of hydrogen-bond acceptors (Lipinski definition) is 3. The van der Waals surface area contributed by atoms with Crippen LogP contribution in [0.5, 0.6) is 0 Å². The molecule has 0 saturated heterocycles. The molecule has 1 aromatic heterocycles. The lowest BCUT2D eigenvalue weighted by Gasteiger charge is -2.07. The van der Waals surface area contributed by atoms with Crippen molar-refractivity contribution >= 4 is 11.0 Å². The molecule has 1 N–H and O–H groups in total. The zero-order valence-corrected chi connectivity index (χ0v) is 10.6. The first-order valence-corrected chi connectivity index (χ1v) is 5.98. The standard InChI is InChI=1S/C14H19NO2/c1-10(2)16-9-12-11-6-4-5-7-13(11)17-14(12)8-15-3/h4-7,10,15H,8-9H2,1-3H3. The van der Waals surface area contributed by atoms with Crippen LogP contribution in [0.4, 0.5) is 0 Å². The predicted octanol–water partition coefficient (Wildman–Crippen LogP) is 3.08. The third-order valence-corrected chi connectivity index (χ3v) is 2.68. The van der Waals surface area contributed by atoms with E-state index in [0.29, 0.717) is 6.61 Å². The van der Waals surface area contributed by atoms with Gasteiger partial charge in [0.05, 0.1) is 19.3 Å². The molecule has 0 aliphatic heterocycles. The van der Waals surface area contributed by atoms with Crippen LogP contribution in [0.3, 0.4) is 0 Å². The second-order valence-electron chi connectivity index (χ2n) is 4.39. The van der Waals surface area contributed by atoms with Crippen molar-refractivity contribution in [1.29, 1.82) is 0 Å². The van der Waals surface area contributed by atoms with Gasteiger partial charge in [-0.15, -0.1) is 0 Å². The van der Waals surface area contributed by atoms with Gasteiger partial charge in [-0.2, -0.15) is 0 Å². The van der Waals surface area contributed by atoms with Crippen molar-refractivity contribution in [2.45, 2.75) is 33.1 Å². The topological polar surface area (TPSA) is 34.4 Å². The molecule has 1 heterocycles. The monoisotopic (exact) mass is 233 g/mol. The van der Waals surface area contributed by atoms with Gasteiger partial charge in [-0.3, -0.25) is 0 Å². The van der Waals surface area contributed by atoms with E-state index in [1.165, 1.54) is 0 Å². The molecule has 0 fully saturated rings. The van der Waals surface area contributed by atoms with Crippen molar-refractivity contribution in [3.63, 3.8) is 0 Å². The van der Waals surface area contributed by atoms with Crippen LogP contribution in [-0.4, -0.2) is 13.2 Å². The van der Waals surface area contributed by atoms with Crippen molar-refractivity contribution in [2.24, 2.45) is 0 Å². The molecule has 0 amide bonds. The molecule has 0 aliphatic carbocycles. The smallest absolute Gasteiger partial charge is 0.134 e. The van der Waals surface area contributed by atoms with Crippen molar-refractivity contribution in [1.82, 2.24) is 5.32 Å². The van der Waals surface area contributed by atoms with Crippen LogP contribution in [0.15, 0.2) is 28.7 Å². The molecule has 1 aromatic carbocycles. The molecule has 92 valence electrons. The molecule has 2 aromatic rings. The Morgan fingerprint density at radius 2 is 2.06 bits per heavy atom. The molecule has 0 unspecified atom stereocenters. The lowest BCUT2D eigenvalue weighted by Crippen LogP contribution is -2.08. The van der Waals surface area contributed by atoms with Crippen LogP contribution in [0.1, 0.15) is 25.2 Å². The minimum absolute atomic E-state index is 0.228. The maximum absolute atomic E-state index is 5.83. The molecular weight excluding hydrogens is 214 g/mol. The SMILES string of the molecule is CNCc1oc2ccccc2c1COC(C)C. The Bertz CT molecular complexity index is 488. The number of ether oxygens (including phenoxy) is 1. The van der Waals surface area contributed by atoms with Gasteiger partial charge >= 0.3 is 0 Å². The molecule has 17 heavy (non-hydrogen) atoms. The van der Waals surface area contributed by atoms with E-state index < -0.39 is 0 Å². The molecule has 0 saturated carbocycles. The quantitative estimate of drug-likeness (QED) is 0.861. The highest BCUT2D eigenvalue weighted by Crippen LogP contribution is 2.26. The summed E-state index contributed by atoms with van der Waals surface area (Å²) >= 11 is 0. The Morgan fingerprint density at radius 1 is 1.29 bits per heavy atom. The lowest BCUT2D eigenvalue weighted by atomic mass is 10.1. The van der Waals surface area contributed by atoms with Crippen LogP contribution >= 0.6 is 0 Å². The number of rotatable bonds is 5. The molecular formula is C14H19NO2. The Hall–Kier alpha value is -1.32. The van der Waals surface area contributed by atoms with E-state index in [0.717, 1.165) is 28.8 Å². The average Bonchev–Trinajstić information content (AvgIpc) is 2.64. The van der Waals surface area contributed by atoms with Gasteiger partial charge in [-0.25, -0.2) is 0 Å². The van der Waals surface area contributed by atoms with Crippen LogP contribution in [0.25, 0.3) is 11.0 Å². The van der Waals surface area contributed by atoms with Crippen LogP contribution < -0.4 is 5.32 Å². The molecule has 0 atom stereocenters. The summed E-state index contributed by atoms with van der Waals surface area (Å²) < 4.78 is 11.5. The summed E-state index contributed by atoms with van der Waals surface area (Å²) in [5, 5.41) is 4.27. The number of hydrogen-bond donors (Lipinski definition) is 1. The zero-order chi connectivity index (χ0) is 12.3. The first-order valence-electron chi connectivity index (χ1n) is 5.98. The summed E-state index contributed by atoms with van der Waals surface area (Å²) in [4.78, 5) is 0. The van der Waals surface area contributed by atoms with E-state index in [1.54, 1.807) is 0 Å². The van der Waals surface area contributed by atoms with Crippen LogP contribution in [-0.2, 0) is 17.9 Å². The molecule has 3 nitrogen and oxygen atoms in total. The molecule has 3 heteroatoms. The van der Waals surface area contributed by atoms with Crippen LogP contribution in [0, 0.1) is 0 Å². The highest BCUT2D eigenvalue weighted by Gasteiger charge is 2.13. The Morgan fingerprint density at radius 3 is 2.76 bits per heavy atom. The van der Waals surface area contributed by atoms with E-state index in [9.17, 15) is 0 Å². The fourth-order valence-corrected chi connectivity index (χ4v) is 1.86. The number of fused-ring (bicyclic) bond motifs is 1. The fraction of sp³-hybridized carbons (Fsp3) is 0.429. The van der Waals surface area contributed by atoms with E-state index >= 15 is 0 Å². The summed E-state index contributed by atoms with van der Waals surface area (Å²) in [5.41, 5.74) is 2.09.